The van der Waals surface area contributed by atoms with E-state index in [2.05, 4.69) is 10.3 Å². The SMILES string of the molecule is CC1CN(C(=O)OC(C)(C)C)CCN1c1nc(=O)n2c3c(c(-c4ccc(F)cc4F)c(C(F)(F)F)cc13)SC[C@@H]2CC1CCNCC1. The summed E-state index contributed by atoms with van der Waals surface area (Å²) in [7, 11) is 0. The van der Waals surface area contributed by atoms with Gasteiger partial charge in [-0.15, -0.1) is 11.8 Å². The maximum absolute atomic E-state index is 15.3. The number of aromatic nitrogens is 2. The predicted molar refractivity (Wildman–Crippen MR) is 171 cm³/mol. The smallest absolute Gasteiger partial charge is 0.417 e. The van der Waals surface area contributed by atoms with E-state index in [1.54, 1.807) is 25.7 Å². The number of hydrogen-bond donors (Lipinski definition) is 1. The highest BCUT2D eigenvalue weighted by Crippen LogP contribution is 2.51. The summed E-state index contributed by atoms with van der Waals surface area (Å²) in [5.41, 5.74) is -2.94. The van der Waals surface area contributed by atoms with Crippen LogP contribution < -0.4 is 15.9 Å². The van der Waals surface area contributed by atoms with Crippen molar-refractivity contribution < 1.29 is 31.5 Å². The first kappa shape index (κ1) is 33.5. The van der Waals surface area contributed by atoms with Gasteiger partial charge in [0, 0.05) is 64.9 Å². The molecular weight excluding hydrogens is 641 g/mol. The molecule has 4 heterocycles. The van der Waals surface area contributed by atoms with Crippen molar-refractivity contribution >= 4 is 34.6 Å². The Morgan fingerprint density at radius 3 is 2.47 bits per heavy atom. The number of amides is 1. The average molecular weight is 680 g/mol. The molecule has 2 aromatic carbocycles. The maximum Gasteiger partial charge on any atom is 0.417 e. The molecule has 2 fully saturated rings. The van der Waals surface area contributed by atoms with Gasteiger partial charge >= 0.3 is 18.0 Å². The lowest BCUT2D eigenvalue weighted by atomic mass is 9.90. The second kappa shape index (κ2) is 12.6. The Kier molecular flexibility index (Phi) is 8.96. The molecule has 3 aliphatic rings. The molecule has 6 rings (SSSR count). The fourth-order valence-electron chi connectivity index (χ4n) is 6.93. The van der Waals surface area contributed by atoms with E-state index in [4.69, 9.17) is 4.74 Å². The van der Waals surface area contributed by atoms with Crippen LogP contribution >= 0.6 is 11.8 Å². The number of anilines is 1. The molecule has 14 heteroatoms. The summed E-state index contributed by atoms with van der Waals surface area (Å²) in [6.07, 6.45) is -2.94. The van der Waals surface area contributed by atoms with Crippen molar-refractivity contribution in [1.29, 1.82) is 0 Å². The summed E-state index contributed by atoms with van der Waals surface area (Å²) < 4.78 is 81.0. The van der Waals surface area contributed by atoms with Crippen LogP contribution in [0.15, 0.2) is 34.0 Å². The van der Waals surface area contributed by atoms with Crippen molar-refractivity contribution in [3.05, 3.63) is 51.9 Å². The number of halogens is 5. The Balaban J connectivity index is 1.54. The number of carbonyl (C=O) groups excluding carboxylic acids is 1. The highest BCUT2D eigenvalue weighted by atomic mass is 32.2. The molecule has 47 heavy (non-hydrogen) atoms. The number of thioether (sulfide) groups is 1. The third-order valence-corrected chi connectivity index (χ3v) is 10.3. The van der Waals surface area contributed by atoms with Gasteiger partial charge in [0.25, 0.3) is 0 Å². The largest absolute Gasteiger partial charge is 0.444 e. The molecule has 1 aromatic heterocycles. The van der Waals surface area contributed by atoms with Gasteiger partial charge in [0.05, 0.1) is 11.1 Å². The van der Waals surface area contributed by atoms with Crippen LogP contribution in [0.2, 0.25) is 0 Å². The summed E-state index contributed by atoms with van der Waals surface area (Å²) in [4.78, 5) is 34.7. The highest BCUT2D eigenvalue weighted by molar-refractivity contribution is 7.99. The molecule has 254 valence electrons. The Morgan fingerprint density at radius 1 is 1.11 bits per heavy atom. The van der Waals surface area contributed by atoms with E-state index in [1.165, 1.54) is 21.2 Å². The minimum absolute atomic E-state index is 0.0820. The van der Waals surface area contributed by atoms with Gasteiger partial charge in [-0.25, -0.2) is 18.4 Å². The molecular formula is C33H38F5N5O3S. The van der Waals surface area contributed by atoms with Crippen LogP contribution in [-0.2, 0) is 10.9 Å². The number of benzene rings is 2. The fraction of sp³-hybridized carbons (Fsp3) is 0.545. The second-order valence-corrected chi connectivity index (χ2v) is 14.6. The Morgan fingerprint density at radius 2 is 1.83 bits per heavy atom. The maximum atomic E-state index is 15.3. The summed E-state index contributed by atoms with van der Waals surface area (Å²) in [6, 6.07) is 2.71. The average Bonchev–Trinajstić information content (AvgIpc) is 2.98. The van der Waals surface area contributed by atoms with E-state index >= 15 is 4.39 Å². The van der Waals surface area contributed by atoms with Crippen molar-refractivity contribution in [1.82, 2.24) is 19.8 Å². The number of alkyl halides is 3. The van der Waals surface area contributed by atoms with Crippen LogP contribution in [0.3, 0.4) is 0 Å². The van der Waals surface area contributed by atoms with E-state index < -0.39 is 57.9 Å². The topological polar surface area (TPSA) is 79.7 Å². The van der Waals surface area contributed by atoms with E-state index in [-0.39, 0.29) is 47.3 Å². The van der Waals surface area contributed by atoms with Gasteiger partial charge in [-0.05, 0) is 84.2 Å². The summed E-state index contributed by atoms with van der Waals surface area (Å²) in [6.45, 7) is 9.39. The monoisotopic (exact) mass is 679 g/mol. The van der Waals surface area contributed by atoms with Crippen LogP contribution in [-0.4, -0.2) is 70.7 Å². The third-order valence-electron chi connectivity index (χ3n) is 9.05. The number of piperidine rings is 1. The molecule has 2 saturated heterocycles. The molecule has 2 atom stereocenters. The number of nitrogens with zero attached hydrogens (tertiary/aromatic N) is 4. The number of carbonyl (C=O) groups is 1. The lowest BCUT2D eigenvalue weighted by molar-refractivity contribution is -0.137. The number of piperazine rings is 1. The van der Waals surface area contributed by atoms with Crippen LogP contribution in [0, 0.1) is 17.6 Å². The van der Waals surface area contributed by atoms with Crippen molar-refractivity contribution in [2.45, 2.75) is 75.7 Å². The number of nitrogens with one attached hydrogen (secondary N) is 1. The first-order valence-electron chi connectivity index (χ1n) is 15.9. The fourth-order valence-corrected chi connectivity index (χ4v) is 8.29. The van der Waals surface area contributed by atoms with Crippen molar-refractivity contribution in [3.8, 4) is 11.1 Å². The molecule has 0 spiro atoms. The lowest BCUT2D eigenvalue weighted by Crippen LogP contribution is -2.55. The number of ether oxygens (including phenoxy) is 1. The van der Waals surface area contributed by atoms with Gasteiger partial charge < -0.3 is 19.9 Å². The Bertz CT molecular complexity index is 1750. The van der Waals surface area contributed by atoms with Gasteiger partial charge in [0.15, 0.2) is 0 Å². The van der Waals surface area contributed by atoms with Gasteiger partial charge in [-0.3, -0.25) is 4.57 Å². The number of rotatable bonds is 4. The summed E-state index contributed by atoms with van der Waals surface area (Å²) in [5, 5.41) is 3.45. The van der Waals surface area contributed by atoms with E-state index in [0.717, 1.165) is 44.1 Å². The van der Waals surface area contributed by atoms with Gasteiger partial charge in [0.1, 0.15) is 23.1 Å². The zero-order chi connectivity index (χ0) is 33.8. The van der Waals surface area contributed by atoms with Crippen LogP contribution in [0.4, 0.5) is 32.6 Å². The second-order valence-electron chi connectivity index (χ2n) is 13.6. The normalized spacial score (nSPS) is 21.0. The Hall–Kier alpha value is -3.39. The van der Waals surface area contributed by atoms with E-state index in [1.807, 2.05) is 6.92 Å². The lowest BCUT2D eigenvalue weighted by Gasteiger charge is -2.41. The van der Waals surface area contributed by atoms with Crippen molar-refractivity contribution in [2.75, 3.05) is 43.4 Å². The first-order valence-corrected chi connectivity index (χ1v) is 16.8. The molecule has 0 saturated carbocycles. The zero-order valence-corrected chi connectivity index (χ0v) is 27.5. The summed E-state index contributed by atoms with van der Waals surface area (Å²) in [5.74, 6) is -1.34. The standard InChI is InChI=1S/C33H38F5N5O3S/c1-18-16-41(31(45)46-32(2,3)4)11-12-42(18)29-23-15-24(33(36,37)38)26(22-6-5-20(34)14-25(22)35)28-27(23)43(30(44)40-29)21(17-47-28)13-19-7-9-39-10-8-19/h5-6,14-15,18-19,21,39H,7-13,16-17H2,1-4H3/t18?,21-/m0/s1. The quantitative estimate of drug-likeness (QED) is 0.303. The van der Waals surface area contributed by atoms with Gasteiger partial charge in [-0.2, -0.15) is 18.2 Å². The number of hydrogen-bond acceptors (Lipinski definition) is 7. The minimum Gasteiger partial charge on any atom is -0.444 e. The molecule has 1 amide bonds. The van der Waals surface area contributed by atoms with Crippen molar-refractivity contribution in [2.24, 2.45) is 5.92 Å². The molecule has 0 aliphatic carbocycles. The van der Waals surface area contributed by atoms with Crippen molar-refractivity contribution in [3.63, 3.8) is 0 Å². The zero-order valence-electron chi connectivity index (χ0n) is 26.7. The van der Waals surface area contributed by atoms with Gasteiger partial charge in [0.2, 0.25) is 0 Å². The van der Waals surface area contributed by atoms with E-state index in [0.29, 0.717) is 24.2 Å². The minimum atomic E-state index is -4.91. The molecule has 8 nitrogen and oxygen atoms in total. The Labute approximate surface area is 273 Å². The molecule has 1 N–H and O–H groups in total. The summed E-state index contributed by atoms with van der Waals surface area (Å²) >= 11 is 1.17. The van der Waals surface area contributed by atoms with E-state index in [9.17, 15) is 27.2 Å². The molecule has 0 radical (unpaired) electrons. The van der Waals surface area contributed by atoms with Crippen LogP contribution in [0.5, 0.6) is 0 Å². The van der Waals surface area contributed by atoms with Crippen LogP contribution in [0.25, 0.3) is 22.0 Å². The molecule has 3 aromatic rings. The first-order chi connectivity index (χ1) is 22.1. The highest BCUT2D eigenvalue weighted by Gasteiger charge is 2.41. The predicted octanol–water partition coefficient (Wildman–Crippen LogP) is 6.84. The molecule has 3 aliphatic heterocycles. The third kappa shape index (κ3) is 6.67. The molecule has 0 bridgehead atoms. The van der Waals surface area contributed by atoms with Crippen LogP contribution in [0.1, 0.15) is 58.6 Å². The molecule has 1 unspecified atom stereocenters. The van der Waals surface area contributed by atoms with Gasteiger partial charge in [-0.1, -0.05) is 0 Å².